The quantitative estimate of drug-likeness (QED) is 0.857. The van der Waals surface area contributed by atoms with E-state index in [1.165, 1.54) is 23.3 Å². The molecule has 0 bridgehead atoms. The highest BCUT2D eigenvalue weighted by Gasteiger charge is 2.02. The Morgan fingerprint density at radius 1 is 1.10 bits per heavy atom. The van der Waals surface area contributed by atoms with Gasteiger partial charge in [-0.1, -0.05) is 24.3 Å². The zero-order valence-corrected chi connectivity index (χ0v) is 12.0. The fourth-order valence-corrected chi connectivity index (χ4v) is 2.04. The molecule has 0 aliphatic heterocycles. The minimum atomic E-state index is -0.289. The van der Waals surface area contributed by atoms with Gasteiger partial charge in [-0.15, -0.1) is 0 Å². The first-order valence-corrected chi connectivity index (χ1v) is 6.96. The first kappa shape index (κ1) is 15.0. The summed E-state index contributed by atoms with van der Waals surface area (Å²) in [5.41, 5.74) is 3.20. The van der Waals surface area contributed by atoms with E-state index in [0.717, 1.165) is 12.1 Å². The Morgan fingerprint density at radius 3 is 2.52 bits per heavy atom. The molecule has 0 saturated heterocycles. The number of carbonyl (C=O) groups excluding carboxylic acids is 1. The lowest BCUT2D eigenvalue weighted by atomic mass is 10.1. The smallest absolute Gasteiger partial charge is 0.239 e. The lowest BCUT2D eigenvalue weighted by Gasteiger charge is -2.09. The summed E-state index contributed by atoms with van der Waals surface area (Å²) in [5.74, 6) is -0.365. The molecule has 2 rings (SSSR count). The Bertz CT molecular complexity index is 596. The highest BCUT2D eigenvalue weighted by Crippen LogP contribution is 2.08. The highest BCUT2D eigenvalue weighted by atomic mass is 19.1. The largest absolute Gasteiger partial charge is 0.376 e. The zero-order chi connectivity index (χ0) is 15.1. The number of nitrogens with one attached hydrogen (secondary N) is 2. The molecule has 110 valence electrons. The van der Waals surface area contributed by atoms with Crippen LogP contribution in [0.5, 0.6) is 0 Å². The normalized spacial score (nSPS) is 10.2. The average Bonchev–Trinajstić information content (AvgIpc) is 2.49. The van der Waals surface area contributed by atoms with Gasteiger partial charge in [0.25, 0.3) is 0 Å². The summed E-state index contributed by atoms with van der Waals surface area (Å²) in [7, 11) is 0. The third-order valence-corrected chi connectivity index (χ3v) is 3.28. The first-order chi connectivity index (χ1) is 10.1. The van der Waals surface area contributed by atoms with E-state index >= 15 is 0 Å². The maximum absolute atomic E-state index is 12.7. The molecule has 0 fully saturated rings. The molecule has 21 heavy (non-hydrogen) atoms. The minimum Gasteiger partial charge on any atom is -0.376 e. The molecule has 2 N–H and O–H groups in total. The Balaban J connectivity index is 1.70. The van der Waals surface area contributed by atoms with Crippen LogP contribution in [0.1, 0.15) is 11.1 Å². The molecule has 1 amide bonds. The van der Waals surface area contributed by atoms with Crippen LogP contribution in [0.4, 0.5) is 10.1 Å². The molecule has 0 spiro atoms. The van der Waals surface area contributed by atoms with Gasteiger partial charge >= 0.3 is 0 Å². The fourth-order valence-electron chi connectivity index (χ4n) is 2.04. The summed E-state index contributed by atoms with van der Waals surface area (Å²) in [6.45, 7) is 2.85. The second-order valence-electron chi connectivity index (χ2n) is 4.89. The molecular weight excluding hydrogens is 267 g/mol. The average molecular weight is 286 g/mol. The van der Waals surface area contributed by atoms with Gasteiger partial charge in [-0.3, -0.25) is 4.79 Å². The van der Waals surface area contributed by atoms with E-state index < -0.39 is 0 Å². The minimum absolute atomic E-state index is 0.0760. The van der Waals surface area contributed by atoms with E-state index in [-0.39, 0.29) is 18.3 Å². The van der Waals surface area contributed by atoms with Gasteiger partial charge in [0.05, 0.1) is 6.54 Å². The molecule has 0 atom stereocenters. The van der Waals surface area contributed by atoms with Gasteiger partial charge in [0, 0.05) is 12.2 Å². The van der Waals surface area contributed by atoms with E-state index in [1.54, 1.807) is 12.1 Å². The second kappa shape index (κ2) is 7.43. The van der Waals surface area contributed by atoms with Crippen LogP contribution < -0.4 is 10.6 Å². The summed E-state index contributed by atoms with van der Waals surface area (Å²) >= 11 is 0. The molecule has 0 aliphatic carbocycles. The molecule has 2 aromatic rings. The molecule has 0 heterocycles. The maximum atomic E-state index is 12.7. The van der Waals surface area contributed by atoms with Crippen LogP contribution >= 0.6 is 0 Å². The molecule has 0 aliphatic rings. The number of anilines is 1. The molecular formula is C17H19FN2O. The number of halogens is 1. The topological polar surface area (TPSA) is 41.1 Å². The lowest BCUT2D eigenvalue weighted by molar-refractivity contribution is -0.119. The van der Waals surface area contributed by atoms with Crippen molar-refractivity contribution >= 4 is 11.6 Å². The number of rotatable bonds is 6. The molecule has 0 radical (unpaired) electrons. The van der Waals surface area contributed by atoms with Gasteiger partial charge in [-0.2, -0.15) is 0 Å². The van der Waals surface area contributed by atoms with Gasteiger partial charge in [0.15, 0.2) is 0 Å². The van der Waals surface area contributed by atoms with Gasteiger partial charge in [0.2, 0.25) is 5.91 Å². The van der Waals surface area contributed by atoms with Crippen molar-refractivity contribution in [1.82, 2.24) is 5.32 Å². The van der Waals surface area contributed by atoms with E-state index in [0.29, 0.717) is 6.54 Å². The van der Waals surface area contributed by atoms with E-state index in [4.69, 9.17) is 0 Å². The summed E-state index contributed by atoms with van der Waals surface area (Å²) in [4.78, 5) is 11.7. The molecule has 4 heteroatoms. The highest BCUT2D eigenvalue weighted by molar-refractivity contribution is 5.80. The first-order valence-electron chi connectivity index (χ1n) is 6.96. The molecule has 0 aromatic heterocycles. The van der Waals surface area contributed by atoms with Gasteiger partial charge < -0.3 is 10.6 Å². The molecule has 0 unspecified atom stereocenters. The van der Waals surface area contributed by atoms with Crippen molar-refractivity contribution in [1.29, 1.82) is 0 Å². The van der Waals surface area contributed by atoms with Crippen molar-refractivity contribution in [3.05, 3.63) is 65.5 Å². The van der Waals surface area contributed by atoms with Gasteiger partial charge in [0.1, 0.15) is 5.82 Å². The summed E-state index contributed by atoms with van der Waals surface area (Å²) in [6.07, 6.45) is 0.814. The molecule has 0 saturated carbocycles. The Labute approximate surface area is 124 Å². The van der Waals surface area contributed by atoms with Gasteiger partial charge in [-0.25, -0.2) is 4.39 Å². The third-order valence-electron chi connectivity index (χ3n) is 3.28. The van der Waals surface area contributed by atoms with Crippen LogP contribution in [0.2, 0.25) is 0 Å². The number of aryl methyl sites for hydroxylation is 1. The van der Waals surface area contributed by atoms with Crippen molar-refractivity contribution in [3.8, 4) is 0 Å². The van der Waals surface area contributed by atoms with E-state index in [1.807, 2.05) is 12.1 Å². The van der Waals surface area contributed by atoms with Crippen LogP contribution in [0.25, 0.3) is 0 Å². The van der Waals surface area contributed by atoms with Crippen molar-refractivity contribution in [2.24, 2.45) is 0 Å². The molecule has 2 aromatic carbocycles. The van der Waals surface area contributed by atoms with Crippen molar-refractivity contribution in [2.75, 3.05) is 18.4 Å². The SMILES string of the molecule is Cc1ccccc1CCNC(=O)CNc1ccc(F)cc1. The maximum Gasteiger partial charge on any atom is 0.239 e. The van der Waals surface area contributed by atoms with Crippen LogP contribution in [-0.4, -0.2) is 19.0 Å². The predicted molar refractivity (Wildman–Crippen MR) is 82.8 cm³/mol. The van der Waals surface area contributed by atoms with Crippen LogP contribution in [0, 0.1) is 12.7 Å². The van der Waals surface area contributed by atoms with Crippen LogP contribution in [-0.2, 0) is 11.2 Å². The van der Waals surface area contributed by atoms with E-state index in [9.17, 15) is 9.18 Å². The van der Waals surface area contributed by atoms with Crippen LogP contribution in [0.3, 0.4) is 0 Å². The van der Waals surface area contributed by atoms with Crippen molar-refractivity contribution < 1.29 is 9.18 Å². The number of hydrogen-bond donors (Lipinski definition) is 2. The van der Waals surface area contributed by atoms with Gasteiger partial charge in [-0.05, 0) is 48.7 Å². The fraction of sp³-hybridized carbons (Fsp3) is 0.235. The standard InChI is InChI=1S/C17H19FN2O/c1-13-4-2-3-5-14(13)10-11-19-17(21)12-20-16-8-6-15(18)7-9-16/h2-9,20H,10-12H2,1H3,(H,19,21). The Hall–Kier alpha value is -2.36. The monoisotopic (exact) mass is 286 g/mol. The van der Waals surface area contributed by atoms with Crippen LogP contribution in [0.15, 0.2) is 48.5 Å². The second-order valence-corrected chi connectivity index (χ2v) is 4.89. The zero-order valence-electron chi connectivity index (χ0n) is 12.0. The molecule has 3 nitrogen and oxygen atoms in total. The third kappa shape index (κ3) is 4.91. The lowest BCUT2D eigenvalue weighted by Crippen LogP contribution is -2.31. The summed E-state index contributed by atoms with van der Waals surface area (Å²) in [5, 5.41) is 5.82. The Morgan fingerprint density at radius 2 is 1.81 bits per heavy atom. The van der Waals surface area contributed by atoms with E-state index in [2.05, 4.69) is 29.7 Å². The van der Waals surface area contributed by atoms with Crippen molar-refractivity contribution in [2.45, 2.75) is 13.3 Å². The number of carbonyl (C=O) groups is 1. The number of amides is 1. The number of hydrogen-bond acceptors (Lipinski definition) is 2. The predicted octanol–water partition coefficient (Wildman–Crippen LogP) is 2.90. The number of benzene rings is 2. The summed E-state index contributed by atoms with van der Waals surface area (Å²) < 4.78 is 12.7. The Kier molecular flexibility index (Phi) is 5.32. The van der Waals surface area contributed by atoms with Crippen molar-refractivity contribution in [3.63, 3.8) is 0 Å². The summed E-state index contributed by atoms with van der Waals surface area (Å²) in [6, 6.07) is 14.1.